The van der Waals surface area contributed by atoms with Gasteiger partial charge in [-0.25, -0.2) is 9.07 Å². The van der Waals surface area contributed by atoms with Gasteiger partial charge in [-0.1, -0.05) is 30.0 Å². The summed E-state index contributed by atoms with van der Waals surface area (Å²) in [5, 5.41) is 11.6. The third kappa shape index (κ3) is 2.68. The van der Waals surface area contributed by atoms with E-state index in [1.807, 2.05) is 6.92 Å². The lowest BCUT2D eigenvalue weighted by Gasteiger charge is -2.20. The van der Waals surface area contributed by atoms with Crippen molar-refractivity contribution in [2.75, 3.05) is 0 Å². The number of halogens is 1. The number of nitrogens with zero attached hydrogens (tertiary/aromatic N) is 4. The number of rotatable bonds is 4. The molecule has 0 aliphatic carbocycles. The zero-order chi connectivity index (χ0) is 13.1. The van der Waals surface area contributed by atoms with Crippen molar-refractivity contribution in [2.45, 2.75) is 23.4 Å². The summed E-state index contributed by atoms with van der Waals surface area (Å²) >= 11 is 1.36. The highest BCUT2D eigenvalue weighted by molar-refractivity contribution is 7.99. The number of hydrogen-bond acceptors (Lipinski definition) is 5. The van der Waals surface area contributed by atoms with Crippen molar-refractivity contribution in [1.82, 2.24) is 20.2 Å². The first-order chi connectivity index (χ1) is 8.59. The third-order valence-electron chi connectivity index (χ3n) is 2.50. The Kier molecular flexibility index (Phi) is 3.93. The average Bonchev–Trinajstić information content (AvgIpc) is 2.73. The maximum Gasteiger partial charge on any atom is 0.209 e. The van der Waals surface area contributed by atoms with Crippen LogP contribution in [0.25, 0.3) is 0 Å². The Morgan fingerprint density at radius 2 is 2.11 bits per heavy atom. The highest BCUT2D eigenvalue weighted by atomic mass is 32.2. The van der Waals surface area contributed by atoms with E-state index in [0.29, 0.717) is 10.7 Å². The molecular formula is C11H14FN5S. The second-order valence-corrected chi connectivity index (χ2v) is 5.11. The monoisotopic (exact) mass is 267 g/mol. The first-order valence-electron chi connectivity index (χ1n) is 5.48. The number of tetrazole rings is 1. The normalized spacial score (nSPS) is 14.4. The van der Waals surface area contributed by atoms with Gasteiger partial charge in [0.05, 0.1) is 5.25 Å². The van der Waals surface area contributed by atoms with Gasteiger partial charge in [0.25, 0.3) is 0 Å². The van der Waals surface area contributed by atoms with Crippen molar-refractivity contribution in [3.63, 3.8) is 0 Å². The second-order valence-electron chi connectivity index (χ2n) is 4.00. The number of hydrogen-bond donors (Lipinski definition) is 1. The Morgan fingerprint density at radius 3 is 2.67 bits per heavy atom. The number of thioether (sulfide) groups is 1. The molecule has 2 N–H and O–H groups in total. The highest BCUT2D eigenvalue weighted by Crippen LogP contribution is 2.36. The molecule has 0 radical (unpaired) electrons. The topological polar surface area (TPSA) is 69.6 Å². The largest absolute Gasteiger partial charge is 0.327 e. The van der Waals surface area contributed by atoms with Crippen LogP contribution in [0.2, 0.25) is 0 Å². The summed E-state index contributed by atoms with van der Waals surface area (Å²) < 4.78 is 15.3. The molecule has 18 heavy (non-hydrogen) atoms. The van der Waals surface area contributed by atoms with Crippen LogP contribution in [0.15, 0.2) is 29.4 Å². The summed E-state index contributed by atoms with van der Waals surface area (Å²) in [6, 6.07) is 6.40. The minimum atomic E-state index is -0.262. The summed E-state index contributed by atoms with van der Waals surface area (Å²) in [6.45, 7) is 1.84. The maximum absolute atomic E-state index is 13.8. The van der Waals surface area contributed by atoms with Gasteiger partial charge in [0.2, 0.25) is 5.16 Å². The molecule has 0 fully saturated rings. The lowest BCUT2D eigenvalue weighted by molar-refractivity contribution is 0.590. The maximum atomic E-state index is 13.8. The minimum absolute atomic E-state index is 0.219. The molecule has 0 bridgehead atoms. The first kappa shape index (κ1) is 13.0. The summed E-state index contributed by atoms with van der Waals surface area (Å²) in [5.74, 6) is -0.262. The van der Waals surface area contributed by atoms with E-state index >= 15 is 0 Å². The summed E-state index contributed by atoms with van der Waals surface area (Å²) in [4.78, 5) is 0. The fourth-order valence-electron chi connectivity index (χ4n) is 1.59. The molecule has 0 aliphatic rings. The lowest BCUT2D eigenvalue weighted by Crippen LogP contribution is -2.23. The van der Waals surface area contributed by atoms with Gasteiger partial charge in [-0.3, -0.25) is 0 Å². The van der Waals surface area contributed by atoms with Crippen LogP contribution in [0, 0.1) is 5.82 Å². The Bertz CT molecular complexity index is 528. The van der Waals surface area contributed by atoms with Crippen LogP contribution < -0.4 is 5.73 Å². The predicted octanol–water partition coefficient (Wildman–Crippen LogP) is 1.53. The molecule has 1 aromatic carbocycles. The second kappa shape index (κ2) is 5.45. The number of aryl methyl sites for hydroxylation is 1. The van der Waals surface area contributed by atoms with Gasteiger partial charge in [-0.2, -0.15) is 0 Å². The molecule has 5 nitrogen and oxygen atoms in total. The van der Waals surface area contributed by atoms with Crippen molar-refractivity contribution in [3.8, 4) is 0 Å². The molecule has 1 aromatic heterocycles. The van der Waals surface area contributed by atoms with Crippen LogP contribution in [0.3, 0.4) is 0 Å². The fourth-order valence-corrected chi connectivity index (χ4v) is 2.63. The third-order valence-corrected chi connectivity index (χ3v) is 4.00. The molecule has 1 heterocycles. The standard InChI is InChI=1S/C11H14FN5S/c1-7(13)10(8-5-3-4-6-9(8)12)18-11-14-15-16-17(11)2/h3-7,10H,13H2,1-2H3. The van der Waals surface area contributed by atoms with Crippen LogP contribution >= 0.6 is 11.8 Å². The Balaban J connectivity index is 2.30. The van der Waals surface area contributed by atoms with Gasteiger partial charge in [0, 0.05) is 18.7 Å². The Labute approximate surface area is 109 Å². The van der Waals surface area contributed by atoms with Crippen LogP contribution in [-0.4, -0.2) is 26.2 Å². The highest BCUT2D eigenvalue weighted by Gasteiger charge is 2.23. The van der Waals surface area contributed by atoms with E-state index in [1.165, 1.54) is 17.8 Å². The van der Waals surface area contributed by atoms with Crippen LogP contribution in [0.5, 0.6) is 0 Å². The summed E-state index contributed by atoms with van der Waals surface area (Å²) in [6.07, 6.45) is 0. The summed E-state index contributed by atoms with van der Waals surface area (Å²) in [5.41, 5.74) is 6.51. The number of nitrogens with two attached hydrogens (primary N) is 1. The smallest absolute Gasteiger partial charge is 0.209 e. The van der Waals surface area contributed by atoms with Gasteiger partial charge in [0.15, 0.2) is 0 Å². The molecule has 2 rings (SSSR count). The fraction of sp³-hybridized carbons (Fsp3) is 0.364. The molecular weight excluding hydrogens is 253 g/mol. The predicted molar refractivity (Wildman–Crippen MR) is 67.4 cm³/mol. The van der Waals surface area contributed by atoms with Gasteiger partial charge >= 0.3 is 0 Å². The molecule has 0 saturated heterocycles. The molecule has 0 spiro atoms. The van der Waals surface area contributed by atoms with E-state index < -0.39 is 0 Å². The first-order valence-corrected chi connectivity index (χ1v) is 6.36. The molecule has 2 aromatic rings. The Hall–Kier alpha value is -1.47. The van der Waals surface area contributed by atoms with Gasteiger partial charge in [-0.15, -0.1) is 5.10 Å². The van der Waals surface area contributed by atoms with E-state index in [2.05, 4.69) is 15.5 Å². The van der Waals surface area contributed by atoms with E-state index in [0.717, 1.165) is 0 Å². The number of benzene rings is 1. The van der Waals surface area contributed by atoms with Crippen LogP contribution in [-0.2, 0) is 7.05 Å². The van der Waals surface area contributed by atoms with E-state index in [-0.39, 0.29) is 17.1 Å². The Morgan fingerprint density at radius 1 is 1.39 bits per heavy atom. The lowest BCUT2D eigenvalue weighted by atomic mass is 10.1. The molecule has 2 atom stereocenters. The average molecular weight is 267 g/mol. The molecule has 96 valence electrons. The summed E-state index contributed by atoms with van der Waals surface area (Å²) in [7, 11) is 1.74. The van der Waals surface area contributed by atoms with E-state index in [9.17, 15) is 4.39 Å². The zero-order valence-electron chi connectivity index (χ0n) is 10.1. The van der Waals surface area contributed by atoms with Crippen LogP contribution in [0.1, 0.15) is 17.7 Å². The quantitative estimate of drug-likeness (QED) is 0.851. The van der Waals surface area contributed by atoms with Crippen molar-refractivity contribution >= 4 is 11.8 Å². The molecule has 0 saturated carbocycles. The van der Waals surface area contributed by atoms with Gasteiger partial charge in [-0.05, 0) is 23.4 Å². The van der Waals surface area contributed by atoms with Crippen molar-refractivity contribution < 1.29 is 4.39 Å². The number of aromatic nitrogens is 4. The van der Waals surface area contributed by atoms with E-state index in [1.54, 1.807) is 29.9 Å². The van der Waals surface area contributed by atoms with Crippen molar-refractivity contribution in [2.24, 2.45) is 12.8 Å². The molecule has 7 heteroatoms. The minimum Gasteiger partial charge on any atom is -0.327 e. The SMILES string of the molecule is CC(N)C(Sc1nnnn1C)c1ccccc1F. The van der Waals surface area contributed by atoms with Crippen molar-refractivity contribution in [1.29, 1.82) is 0 Å². The van der Waals surface area contributed by atoms with E-state index in [4.69, 9.17) is 5.73 Å². The zero-order valence-corrected chi connectivity index (χ0v) is 10.9. The van der Waals surface area contributed by atoms with Gasteiger partial charge in [0.1, 0.15) is 5.82 Å². The molecule has 0 amide bonds. The molecule has 0 aliphatic heterocycles. The van der Waals surface area contributed by atoms with Crippen molar-refractivity contribution in [3.05, 3.63) is 35.6 Å². The van der Waals surface area contributed by atoms with Gasteiger partial charge < -0.3 is 5.73 Å². The van der Waals surface area contributed by atoms with Crippen LogP contribution in [0.4, 0.5) is 4.39 Å². The molecule has 2 unspecified atom stereocenters.